The molecule has 1 aliphatic rings. The molecular weight excluding hydrogens is 348 g/mol. The van der Waals surface area contributed by atoms with E-state index in [2.05, 4.69) is 12.2 Å². The van der Waals surface area contributed by atoms with Crippen molar-refractivity contribution in [2.75, 3.05) is 13.1 Å². The van der Waals surface area contributed by atoms with Crippen LogP contribution in [0.4, 0.5) is 0 Å². The van der Waals surface area contributed by atoms with E-state index in [1.807, 2.05) is 13.8 Å². The second-order valence-corrected chi connectivity index (χ2v) is 8.81. The molecule has 144 valence electrons. The van der Waals surface area contributed by atoms with Crippen LogP contribution in [-0.2, 0) is 14.8 Å². The van der Waals surface area contributed by atoms with E-state index >= 15 is 0 Å². The number of hydrogen-bond donors (Lipinski definition) is 1. The summed E-state index contributed by atoms with van der Waals surface area (Å²) in [6.45, 7) is 6.72. The van der Waals surface area contributed by atoms with Crippen molar-refractivity contribution in [2.45, 2.75) is 57.4 Å². The fraction of sp³-hybridized carbons (Fsp3) is 0.550. The summed E-state index contributed by atoms with van der Waals surface area (Å²) in [7, 11) is -3.44. The first-order valence-corrected chi connectivity index (χ1v) is 10.9. The van der Waals surface area contributed by atoms with E-state index in [0.29, 0.717) is 19.0 Å². The van der Waals surface area contributed by atoms with Crippen molar-refractivity contribution in [3.05, 3.63) is 35.9 Å². The molecule has 26 heavy (non-hydrogen) atoms. The zero-order valence-corrected chi connectivity index (χ0v) is 16.8. The smallest absolute Gasteiger partial charge is 0.244 e. The Labute approximate surface area is 157 Å². The normalized spacial score (nSPS) is 21.2. The summed E-state index contributed by atoms with van der Waals surface area (Å²) in [5.74, 6) is 0.425. The third-order valence-corrected chi connectivity index (χ3v) is 7.15. The molecule has 5 nitrogen and oxygen atoms in total. The first kappa shape index (κ1) is 20.6. The van der Waals surface area contributed by atoms with Crippen LogP contribution in [0.25, 0.3) is 6.08 Å². The highest BCUT2D eigenvalue weighted by Gasteiger charge is 2.22. The van der Waals surface area contributed by atoms with Crippen LogP contribution in [0.2, 0.25) is 0 Å². The van der Waals surface area contributed by atoms with Gasteiger partial charge in [0.2, 0.25) is 15.9 Å². The van der Waals surface area contributed by atoms with E-state index in [1.165, 1.54) is 23.2 Å². The zero-order valence-electron chi connectivity index (χ0n) is 15.9. The Hall–Kier alpha value is -1.66. The number of nitrogens with one attached hydrogen (secondary N) is 1. The lowest BCUT2D eigenvalue weighted by Crippen LogP contribution is -2.40. The van der Waals surface area contributed by atoms with E-state index in [-0.39, 0.29) is 16.8 Å². The maximum atomic E-state index is 12.5. The van der Waals surface area contributed by atoms with Crippen molar-refractivity contribution in [3.8, 4) is 0 Å². The first-order chi connectivity index (χ1) is 12.4. The Balaban J connectivity index is 2.00. The van der Waals surface area contributed by atoms with Crippen LogP contribution in [0, 0.1) is 5.92 Å². The Morgan fingerprint density at radius 1 is 1.15 bits per heavy atom. The Bertz CT molecular complexity index is 722. The molecule has 2 rings (SSSR count). The highest BCUT2D eigenvalue weighted by molar-refractivity contribution is 7.89. The van der Waals surface area contributed by atoms with Gasteiger partial charge < -0.3 is 5.32 Å². The number of carbonyl (C=O) groups excluding carboxylic acids is 1. The first-order valence-electron chi connectivity index (χ1n) is 9.47. The Morgan fingerprint density at radius 2 is 1.77 bits per heavy atom. The lowest BCUT2D eigenvalue weighted by molar-refractivity contribution is -0.117. The SMILES string of the molecule is CCN(CC)S(=O)(=O)c1ccc(/C=C/C(=O)N[C@H]2CCCC[C@@H]2C)cc1. The van der Waals surface area contributed by atoms with Crippen LogP contribution in [-0.4, -0.2) is 37.8 Å². The summed E-state index contributed by atoms with van der Waals surface area (Å²) >= 11 is 0. The van der Waals surface area contributed by atoms with Crippen molar-refractivity contribution < 1.29 is 13.2 Å². The van der Waals surface area contributed by atoms with Gasteiger partial charge in [0.15, 0.2) is 0 Å². The van der Waals surface area contributed by atoms with Crippen molar-refractivity contribution in [2.24, 2.45) is 5.92 Å². The van der Waals surface area contributed by atoms with Gasteiger partial charge >= 0.3 is 0 Å². The maximum absolute atomic E-state index is 12.5. The van der Waals surface area contributed by atoms with Gasteiger partial charge in [-0.15, -0.1) is 0 Å². The summed E-state index contributed by atoms with van der Waals surface area (Å²) in [5, 5.41) is 3.08. The quantitative estimate of drug-likeness (QED) is 0.739. The van der Waals surface area contributed by atoms with E-state index in [0.717, 1.165) is 18.4 Å². The number of sulfonamides is 1. The average molecular weight is 379 g/mol. The molecule has 0 heterocycles. The predicted octanol–water partition coefficient (Wildman–Crippen LogP) is 3.43. The number of nitrogens with zero attached hydrogens (tertiary/aromatic N) is 1. The summed E-state index contributed by atoms with van der Waals surface area (Å²) in [6.07, 6.45) is 7.86. The molecular formula is C20H30N2O3S. The Morgan fingerprint density at radius 3 is 2.35 bits per heavy atom. The van der Waals surface area contributed by atoms with Gasteiger partial charge in [0.25, 0.3) is 0 Å². The molecule has 1 aromatic carbocycles. The largest absolute Gasteiger partial charge is 0.350 e. The van der Waals surface area contributed by atoms with Crippen LogP contribution >= 0.6 is 0 Å². The average Bonchev–Trinajstić information content (AvgIpc) is 2.63. The van der Waals surface area contributed by atoms with Gasteiger partial charge in [-0.1, -0.05) is 45.7 Å². The van der Waals surface area contributed by atoms with Crippen LogP contribution in [0.3, 0.4) is 0 Å². The van der Waals surface area contributed by atoms with E-state index in [9.17, 15) is 13.2 Å². The molecule has 1 amide bonds. The number of hydrogen-bond acceptors (Lipinski definition) is 3. The summed E-state index contributed by atoms with van der Waals surface area (Å²) < 4.78 is 26.4. The van der Waals surface area contributed by atoms with Crippen LogP contribution < -0.4 is 5.32 Å². The molecule has 1 saturated carbocycles. The van der Waals surface area contributed by atoms with Gasteiger partial charge in [0.05, 0.1) is 4.90 Å². The molecule has 1 N–H and O–H groups in total. The van der Waals surface area contributed by atoms with Gasteiger partial charge in [0.1, 0.15) is 0 Å². The topological polar surface area (TPSA) is 66.5 Å². The van der Waals surface area contributed by atoms with Crippen LogP contribution in [0.1, 0.15) is 52.0 Å². The minimum Gasteiger partial charge on any atom is -0.350 e. The van der Waals surface area contributed by atoms with E-state index in [1.54, 1.807) is 30.3 Å². The second-order valence-electron chi connectivity index (χ2n) is 6.87. The molecule has 1 aliphatic carbocycles. The van der Waals surface area contributed by atoms with Crippen molar-refractivity contribution in [3.63, 3.8) is 0 Å². The molecule has 6 heteroatoms. The third-order valence-electron chi connectivity index (χ3n) is 5.09. The van der Waals surface area contributed by atoms with Crippen molar-refractivity contribution in [1.29, 1.82) is 0 Å². The fourth-order valence-electron chi connectivity index (χ4n) is 3.40. The van der Waals surface area contributed by atoms with Gasteiger partial charge in [0, 0.05) is 25.2 Å². The lowest BCUT2D eigenvalue weighted by Gasteiger charge is -2.29. The molecule has 0 radical (unpaired) electrons. The highest BCUT2D eigenvalue weighted by Crippen LogP contribution is 2.23. The number of amides is 1. The standard InChI is InChI=1S/C20H30N2O3S/c1-4-22(5-2)26(24,25)18-13-10-17(11-14-18)12-15-20(23)21-19-9-7-6-8-16(19)3/h10-16,19H,4-9H2,1-3H3,(H,21,23)/b15-12+/t16-,19-/m0/s1. The predicted molar refractivity (Wildman–Crippen MR) is 105 cm³/mol. The molecule has 0 saturated heterocycles. The Kier molecular flexibility index (Phi) is 7.41. The van der Waals surface area contributed by atoms with Crippen LogP contribution in [0.15, 0.2) is 35.2 Å². The minimum absolute atomic E-state index is 0.0939. The lowest BCUT2D eigenvalue weighted by atomic mass is 9.86. The molecule has 0 aliphatic heterocycles. The summed E-state index contributed by atoms with van der Waals surface area (Å²) in [6, 6.07) is 6.89. The van der Waals surface area contributed by atoms with Gasteiger partial charge in [-0.05, 0) is 42.5 Å². The van der Waals surface area contributed by atoms with Crippen LogP contribution in [0.5, 0.6) is 0 Å². The summed E-state index contributed by atoms with van der Waals surface area (Å²) in [5.41, 5.74) is 0.801. The number of carbonyl (C=O) groups is 1. The molecule has 1 fully saturated rings. The van der Waals surface area contributed by atoms with Gasteiger partial charge in [-0.25, -0.2) is 8.42 Å². The molecule has 1 aromatic rings. The maximum Gasteiger partial charge on any atom is 0.244 e. The van der Waals surface area contributed by atoms with Gasteiger partial charge in [-0.3, -0.25) is 4.79 Å². The third kappa shape index (κ3) is 5.17. The number of benzene rings is 1. The summed E-state index contributed by atoms with van der Waals surface area (Å²) in [4.78, 5) is 12.4. The molecule has 0 aromatic heterocycles. The molecule has 0 unspecified atom stereocenters. The zero-order chi connectivity index (χ0) is 19.2. The van der Waals surface area contributed by atoms with E-state index < -0.39 is 10.0 Å². The highest BCUT2D eigenvalue weighted by atomic mass is 32.2. The second kappa shape index (κ2) is 9.33. The molecule has 2 atom stereocenters. The van der Waals surface area contributed by atoms with E-state index in [4.69, 9.17) is 0 Å². The van der Waals surface area contributed by atoms with Gasteiger partial charge in [-0.2, -0.15) is 4.31 Å². The monoisotopic (exact) mass is 378 g/mol. The molecule has 0 spiro atoms. The number of rotatable bonds is 7. The minimum atomic E-state index is -3.44. The fourth-order valence-corrected chi connectivity index (χ4v) is 4.85. The molecule has 0 bridgehead atoms. The van der Waals surface area contributed by atoms with Crippen molar-refractivity contribution >= 4 is 22.0 Å². The van der Waals surface area contributed by atoms with Crippen molar-refractivity contribution in [1.82, 2.24) is 9.62 Å².